The van der Waals surface area contributed by atoms with E-state index in [1.807, 2.05) is 33.8 Å². The van der Waals surface area contributed by atoms with E-state index in [-0.39, 0.29) is 4.75 Å². The maximum atomic E-state index is 11.9. The molecule has 1 aromatic carbocycles. The van der Waals surface area contributed by atoms with E-state index in [0.717, 1.165) is 4.47 Å². The van der Waals surface area contributed by atoms with E-state index in [1.54, 1.807) is 6.07 Å². The number of nitrogens with zero attached hydrogens (tertiary/aromatic N) is 1. The van der Waals surface area contributed by atoms with Crippen LogP contribution in [-0.4, -0.2) is 21.8 Å². The molecular weight excluding hydrogens is 350 g/mol. The summed E-state index contributed by atoms with van der Waals surface area (Å²) in [5, 5.41) is 0.464. The number of hydrogen-bond acceptors (Lipinski definition) is 2. The van der Waals surface area contributed by atoms with Gasteiger partial charge in [-0.05, 0) is 49.7 Å². The third-order valence-corrected chi connectivity index (χ3v) is 4.54. The van der Waals surface area contributed by atoms with E-state index in [2.05, 4.69) is 20.3 Å². The highest BCUT2D eigenvalue weighted by Crippen LogP contribution is 2.35. The predicted octanol–water partition coefficient (Wildman–Crippen LogP) is 4.38. The lowest BCUT2D eigenvalue weighted by Crippen LogP contribution is -2.19. The zero-order chi connectivity index (χ0) is 14.6. The number of ether oxygens (including phenoxy) is 1. The molecule has 0 amide bonds. The quantitative estimate of drug-likeness (QED) is 0.742. The van der Waals surface area contributed by atoms with Crippen molar-refractivity contribution in [2.45, 2.75) is 32.4 Å². The normalized spacial score (nSPS) is 13.8. The van der Waals surface area contributed by atoms with Crippen molar-refractivity contribution in [1.29, 1.82) is 0 Å². The van der Waals surface area contributed by atoms with Gasteiger partial charge in [0.25, 0.3) is 0 Å². The highest BCUT2D eigenvalue weighted by Gasteiger charge is 2.18. The van der Waals surface area contributed by atoms with E-state index in [4.69, 9.17) is 16.3 Å². The maximum Gasteiger partial charge on any atom is 0.152 e. The Morgan fingerprint density at radius 3 is 2.63 bits per heavy atom. The summed E-state index contributed by atoms with van der Waals surface area (Å²) >= 11 is 9.63. The summed E-state index contributed by atoms with van der Waals surface area (Å²) in [6, 6.07) is 3.64. The molecule has 0 N–H and O–H groups in total. The largest absolute Gasteiger partial charge is 0.491 e. The minimum Gasteiger partial charge on any atom is -0.491 e. The van der Waals surface area contributed by atoms with Gasteiger partial charge in [0, 0.05) is 11.8 Å². The van der Waals surface area contributed by atoms with Gasteiger partial charge < -0.3 is 4.74 Å². The first-order chi connectivity index (χ1) is 8.77. The van der Waals surface area contributed by atoms with E-state index in [9.17, 15) is 4.21 Å². The molecular formula is C13H17BrClNO2S. The second-order valence-corrected chi connectivity index (χ2v) is 7.97. The van der Waals surface area contributed by atoms with Crippen LogP contribution in [0.15, 0.2) is 21.0 Å². The Balaban J connectivity index is 3.06. The van der Waals surface area contributed by atoms with Crippen LogP contribution in [0.1, 0.15) is 33.3 Å². The molecule has 19 heavy (non-hydrogen) atoms. The van der Waals surface area contributed by atoms with Gasteiger partial charge >= 0.3 is 0 Å². The van der Waals surface area contributed by atoms with Crippen LogP contribution in [0, 0.1) is 0 Å². The average Bonchev–Trinajstić information content (AvgIpc) is 2.32. The fraction of sp³-hybridized carbons (Fsp3) is 0.462. The van der Waals surface area contributed by atoms with Crippen molar-refractivity contribution in [3.05, 3.63) is 27.2 Å². The van der Waals surface area contributed by atoms with Crippen LogP contribution >= 0.6 is 27.5 Å². The molecule has 0 unspecified atom stereocenters. The first-order valence-electron chi connectivity index (χ1n) is 5.84. The summed E-state index contributed by atoms with van der Waals surface area (Å²) in [5.41, 5.74) is 0.686. The van der Waals surface area contributed by atoms with Crippen LogP contribution < -0.4 is 4.74 Å². The molecule has 1 aromatic rings. The predicted molar refractivity (Wildman–Crippen MR) is 85.8 cm³/mol. The van der Waals surface area contributed by atoms with Crippen LogP contribution in [0.5, 0.6) is 5.75 Å². The Kier molecular flexibility index (Phi) is 6.02. The van der Waals surface area contributed by atoms with E-state index >= 15 is 0 Å². The van der Waals surface area contributed by atoms with Crippen LogP contribution in [0.4, 0.5) is 0 Å². The third-order valence-electron chi connectivity index (χ3n) is 2.18. The number of rotatable bonds is 4. The second-order valence-electron chi connectivity index (χ2n) is 4.81. The SMILES string of the molecule is CCOc1c(Br)ccc(/C=N/[S@@](=O)C(C)(C)C)c1Cl. The van der Waals surface area contributed by atoms with Crippen molar-refractivity contribution < 1.29 is 8.95 Å². The molecule has 6 heteroatoms. The second kappa shape index (κ2) is 6.86. The number of halogens is 2. The lowest BCUT2D eigenvalue weighted by Gasteiger charge is -2.13. The first-order valence-corrected chi connectivity index (χ1v) is 8.12. The van der Waals surface area contributed by atoms with Crippen LogP contribution in [0.2, 0.25) is 5.02 Å². The standard InChI is InChI=1S/C13H17BrClNO2S/c1-5-18-12-10(14)7-6-9(11(12)15)8-16-19(17)13(2,3)4/h6-8H,5H2,1-4H3/b16-8+/t19-/m0/s1. The van der Waals surface area contributed by atoms with Gasteiger partial charge in [0.2, 0.25) is 0 Å². The molecule has 0 aliphatic carbocycles. The fourth-order valence-electron chi connectivity index (χ4n) is 1.19. The molecule has 0 aliphatic rings. The average molecular weight is 367 g/mol. The molecule has 0 saturated heterocycles. The molecule has 0 bridgehead atoms. The van der Waals surface area contributed by atoms with Gasteiger partial charge in [-0.2, -0.15) is 4.40 Å². The molecule has 0 spiro atoms. The van der Waals surface area contributed by atoms with Crippen LogP contribution in [0.25, 0.3) is 0 Å². The Labute approximate surface area is 130 Å². The van der Waals surface area contributed by atoms with Crippen LogP contribution in [-0.2, 0) is 11.0 Å². The molecule has 1 rings (SSSR count). The summed E-state index contributed by atoms with van der Waals surface area (Å²) in [7, 11) is -1.30. The van der Waals surface area contributed by atoms with Gasteiger partial charge in [0.05, 0.1) is 20.8 Å². The van der Waals surface area contributed by atoms with E-state index < -0.39 is 11.0 Å². The van der Waals surface area contributed by atoms with Gasteiger partial charge in [-0.3, -0.25) is 0 Å². The minimum atomic E-state index is -1.30. The molecule has 106 valence electrons. The topological polar surface area (TPSA) is 38.7 Å². The summed E-state index contributed by atoms with van der Waals surface area (Å²) in [5.74, 6) is 0.578. The van der Waals surface area contributed by atoms with Crippen molar-refractivity contribution in [3.63, 3.8) is 0 Å². The van der Waals surface area contributed by atoms with Gasteiger partial charge in [-0.25, -0.2) is 4.21 Å². The molecule has 0 fully saturated rings. The lowest BCUT2D eigenvalue weighted by atomic mass is 10.2. The van der Waals surface area contributed by atoms with E-state index in [1.165, 1.54) is 6.21 Å². The summed E-state index contributed by atoms with van der Waals surface area (Å²) in [6.07, 6.45) is 1.53. The Hall–Kier alpha value is -0.390. The minimum absolute atomic E-state index is 0.388. The van der Waals surface area contributed by atoms with Crippen molar-refractivity contribution >= 4 is 44.7 Å². The zero-order valence-electron chi connectivity index (χ0n) is 11.4. The Morgan fingerprint density at radius 2 is 2.11 bits per heavy atom. The molecule has 0 heterocycles. The van der Waals surface area contributed by atoms with Crippen LogP contribution in [0.3, 0.4) is 0 Å². The zero-order valence-corrected chi connectivity index (χ0v) is 14.5. The highest BCUT2D eigenvalue weighted by atomic mass is 79.9. The van der Waals surface area contributed by atoms with Crippen molar-refractivity contribution in [3.8, 4) is 5.75 Å². The van der Waals surface area contributed by atoms with Gasteiger partial charge in [-0.15, -0.1) is 0 Å². The molecule has 3 nitrogen and oxygen atoms in total. The molecule has 0 aliphatic heterocycles. The van der Waals surface area contributed by atoms with E-state index in [0.29, 0.717) is 22.9 Å². The summed E-state index contributed by atoms with van der Waals surface area (Å²) in [6.45, 7) is 8.02. The number of benzene rings is 1. The van der Waals surface area contributed by atoms with Crippen molar-refractivity contribution in [2.75, 3.05) is 6.61 Å². The maximum absolute atomic E-state index is 11.9. The molecule has 0 radical (unpaired) electrons. The number of hydrogen-bond donors (Lipinski definition) is 0. The molecule has 0 saturated carbocycles. The highest BCUT2D eigenvalue weighted by molar-refractivity contribution is 9.10. The smallest absolute Gasteiger partial charge is 0.152 e. The lowest BCUT2D eigenvalue weighted by molar-refractivity contribution is 0.338. The Bertz CT molecular complexity index is 512. The monoisotopic (exact) mass is 365 g/mol. The first kappa shape index (κ1) is 16.7. The third kappa shape index (κ3) is 4.58. The molecule has 1 atom stereocenters. The summed E-state index contributed by atoms with van der Waals surface area (Å²) in [4.78, 5) is 0. The molecule has 0 aromatic heterocycles. The Morgan fingerprint density at radius 1 is 1.47 bits per heavy atom. The van der Waals surface area contributed by atoms with Crippen molar-refractivity contribution in [2.24, 2.45) is 4.40 Å². The summed E-state index contributed by atoms with van der Waals surface area (Å²) < 4.78 is 21.8. The van der Waals surface area contributed by atoms with Gasteiger partial charge in [0.15, 0.2) is 5.75 Å². The van der Waals surface area contributed by atoms with Gasteiger partial charge in [0.1, 0.15) is 11.0 Å². The van der Waals surface area contributed by atoms with Gasteiger partial charge in [-0.1, -0.05) is 17.7 Å². The van der Waals surface area contributed by atoms with Crippen molar-refractivity contribution in [1.82, 2.24) is 0 Å². The fourth-order valence-corrected chi connectivity index (χ4v) is 2.54.